The van der Waals surface area contributed by atoms with E-state index in [1.807, 2.05) is 13.8 Å². The Balaban J connectivity index is 0.000000191. The van der Waals surface area contributed by atoms with Gasteiger partial charge in [0.2, 0.25) is 0 Å². The van der Waals surface area contributed by atoms with E-state index in [0.29, 0.717) is 5.92 Å². The molecule has 19 heavy (non-hydrogen) atoms. The Morgan fingerprint density at radius 1 is 1.16 bits per heavy atom. The van der Waals surface area contributed by atoms with Gasteiger partial charge in [0, 0.05) is 0 Å². The average Bonchev–Trinajstić information content (AvgIpc) is 2.84. The Kier molecular flexibility index (Phi) is 5.31. The molecule has 0 saturated carbocycles. The highest BCUT2D eigenvalue weighted by atomic mass is 16.4. The highest BCUT2D eigenvalue weighted by molar-refractivity contribution is 5.75. The Hall–Kier alpha value is -1.14. The van der Waals surface area contributed by atoms with Gasteiger partial charge in [0.15, 0.2) is 0 Å². The molecule has 2 fully saturated rings. The fraction of sp³-hybridized carbons (Fsp3) is 0.846. The van der Waals surface area contributed by atoms with E-state index in [-0.39, 0.29) is 17.5 Å². The van der Waals surface area contributed by atoms with Gasteiger partial charge in [-0.05, 0) is 37.3 Å². The fourth-order valence-electron chi connectivity index (χ4n) is 2.48. The van der Waals surface area contributed by atoms with E-state index in [0.717, 1.165) is 25.9 Å². The summed E-state index contributed by atoms with van der Waals surface area (Å²) >= 11 is 0. The van der Waals surface area contributed by atoms with E-state index < -0.39 is 11.9 Å². The van der Waals surface area contributed by atoms with Crippen LogP contribution in [-0.2, 0) is 9.59 Å². The number of hydrogen-bond donors (Lipinski definition) is 4. The predicted octanol–water partition coefficient (Wildman–Crippen LogP) is 0.528. The van der Waals surface area contributed by atoms with Crippen LogP contribution in [0.5, 0.6) is 0 Å². The Morgan fingerprint density at radius 2 is 1.79 bits per heavy atom. The molecule has 1 unspecified atom stereocenters. The SMILES string of the molecule is CC1(C)CCN[C@@H]1C(=O)O.CC1CN[C@H](C(=O)O)C1. The van der Waals surface area contributed by atoms with Gasteiger partial charge >= 0.3 is 11.9 Å². The Labute approximate surface area is 113 Å². The summed E-state index contributed by atoms with van der Waals surface area (Å²) in [6.45, 7) is 7.68. The summed E-state index contributed by atoms with van der Waals surface area (Å²) in [5.74, 6) is -0.937. The second-order valence-corrected chi connectivity index (χ2v) is 6.10. The molecule has 3 atom stereocenters. The minimum atomic E-state index is -0.734. The molecule has 0 amide bonds. The summed E-state index contributed by atoms with van der Waals surface area (Å²) in [5.41, 5.74) is -0.0775. The first-order chi connectivity index (χ1) is 8.74. The van der Waals surface area contributed by atoms with E-state index >= 15 is 0 Å². The lowest BCUT2D eigenvalue weighted by atomic mass is 9.85. The van der Waals surface area contributed by atoms with Crippen LogP contribution < -0.4 is 10.6 Å². The number of carboxylic acid groups (broad SMARTS) is 2. The third-order valence-electron chi connectivity index (χ3n) is 3.80. The van der Waals surface area contributed by atoms with Crippen LogP contribution in [0.2, 0.25) is 0 Å². The zero-order chi connectivity index (χ0) is 14.6. The molecule has 4 N–H and O–H groups in total. The second kappa shape index (κ2) is 6.34. The quantitative estimate of drug-likeness (QED) is 0.585. The first-order valence-electron chi connectivity index (χ1n) is 6.66. The van der Waals surface area contributed by atoms with Crippen LogP contribution in [0.15, 0.2) is 0 Å². The molecule has 0 radical (unpaired) electrons. The van der Waals surface area contributed by atoms with Crippen molar-refractivity contribution in [1.29, 1.82) is 0 Å². The highest BCUT2D eigenvalue weighted by Crippen LogP contribution is 2.29. The minimum absolute atomic E-state index is 0.0775. The highest BCUT2D eigenvalue weighted by Gasteiger charge is 2.38. The number of rotatable bonds is 2. The van der Waals surface area contributed by atoms with Gasteiger partial charge in [-0.2, -0.15) is 0 Å². The fourth-order valence-corrected chi connectivity index (χ4v) is 2.48. The molecule has 2 saturated heterocycles. The molecule has 0 aromatic rings. The molecule has 0 aliphatic carbocycles. The molecule has 2 heterocycles. The van der Waals surface area contributed by atoms with Gasteiger partial charge in [0.05, 0.1) is 0 Å². The first-order valence-corrected chi connectivity index (χ1v) is 6.66. The molecular formula is C13H24N2O4. The van der Waals surface area contributed by atoms with Gasteiger partial charge in [-0.3, -0.25) is 9.59 Å². The monoisotopic (exact) mass is 272 g/mol. The van der Waals surface area contributed by atoms with E-state index in [2.05, 4.69) is 17.6 Å². The van der Waals surface area contributed by atoms with Crippen molar-refractivity contribution in [2.45, 2.75) is 45.7 Å². The number of carboxylic acids is 2. The summed E-state index contributed by atoms with van der Waals surface area (Å²) in [7, 11) is 0. The Bertz CT molecular complexity index is 344. The standard InChI is InChI=1S/C7H13NO2.C6H11NO2/c1-7(2)3-4-8-5(7)6(9)10;1-4-2-5(6(8)9)7-3-4/h5,8H,3-4H2,1-2H3,(H,9,10);4-5,7H,2-3H2,1H3,(H,8,9)/t5-;4?,5-/m10/s1. The molecule has 2 rings (SSSR count). The number of aliphatic carboxylic acids is 2. The third kappa shape index (κ3) is 4.47. The normalized spacial score (nSPS) is 32.5. The molecule has 110 valence electrons. The summed E-state index contributed by atoms with van der Waals surface area (Å²) in [5, 5.41) is 23.0. The predicted molar refractivity (Wildman–Crippen MR) is 71.0 cm³/mol. The molecule has 6 heteroatoms. The smallest absolute Gasteiger partial charge is 0.321 e. The Morgan fingerprint density at radius 3 is 2.00 bits per heavy atom. The van der Waals surface area contributed by atoms with Crippen molar-refractivity contribution in [3.05, 3.63) is 0 Å². The van der Waals surface area contributed by atoms with Crippen molar-refractivity contribution in [2.24, 2.45) is 11.3 Å². The van der Waals surface area contributed by atoms with E-state index in [1.165, 1.54) is 0 Å². The van der Waals surface area contributed by atoms with Crippen molar-refractivity contribution in [2.75, 3.05) is 13.1 Å². The van der Waals surface area contributed by atoms with Crippen LogP contribution >= 0.6 is 0 Å². The van der Waals surface area contributed by atoms with Gasteiger partial charge in [-0.15, -0.1) is 0 Å². The third-order valence-corrected chi connectivity index (χ3v) is 3.80. The van der Waals surface area contributed by atoms with Crippen molar-refractivity contribution in [3.63, 3.8) is 0 Å². The van der Waals surface area contributed by atoms with Crippen molar-refractivity contribution >= 4 is 11.9 Å². The number of hydrogen-bond acceptors (Lipinski definition) is 4. The molecule has 6 nitrogen and oxygen atoms in total. The molecular weight excluding hydrogens is 248 g/mol. The average molecular weight is 272 g/mol. The maximum atomic E-state index is 10.6. The number of carbonyl (C=O) groups is 2. The van der Waals surface area contributed by atoms with E-state index in [4.69, 9.17) is 10.2 Å². The molecule has 2 aliphatic heterocycles. The van der Waals surface area contributed by atoms with Gasteiger partial charge in [-0.1, -0.05) is 20.8 Å². The molecule has 0 aromatic carbocycles. The first kappa shape index (κ1) is 15.9. The van der Waals surface area contributed by atoms with E-state index in [1.54, 1.807) is 0 Å². The zero-order valence-electron chi connectivity index (χ0n) is 11.8. The van der Waals surface area contributed by atoms with Gasteiger partial charge < -0.3 is 20.8 Å². The van der Waals surface area contributed by atoms with Gasteiger partial charge in [0.1, 0.15) is 12.1 Å². The summed E-state index contributed by atoms with van der Waals surface area (Å²) < 4.78 is 0. The van der Waals surface area contributed by atoms with Crippen LogP contribution in [0.3, 0.4) is 0 Å². The minimum Gasteiger partial charge on any atom is -0.480 e. The lowest BCUT2D eigenvalue weighted by Gasteiger charge is -2.21. The topological polar surface area (TPSA) is 98.7 Å². The number of nitrogens with one attached hydrogen (secondary N) is 2. The van der Waals surface area contributed by atoms with Crippen LogP contribution in [0.4, 0.5) is 0 Å². The van der Waals surface area contributed by atoms with Crippen LogP contribution in [0, 0.1) is 11.3 Å². The second-order valence-electron chi connectivity index (χ2n) is 6.10. The molecule has 2 aliphatic rings. The molecule has 0 aromatic heterocycles. The van der Waals surface area contributed by atoms with Crippen LogP contribution in [0.25, 0.3) is 0 Å². The van der Waals surface area contributed by atoms with Gasteiger partial charge in [-0.25, -0.2) is 0 Å². The summed E-state index contributed by atoms with van der Waals surface area (Å²) in [6, 6.07) is -0.646. The lowest BCUT2D eigenvalue weighted by Crippen LogP contribution is -2.39. The molecule has 0 bridgehead atoms. The van der Waals surface area contributed by atoms with Crippen molar-refractivity contribution < 1.29 is 19.8 Å². The van der Waals surface area contributed by atoms with Crippen LogP contribution in [-0.4, -0.2) is 47.3 Å². The summed E-state index contributed by atoms with van der Waals surface area (Å²) in [6.07, 6.45) is 1.72. The molecule has 0 spiro atoms. The van der Waals surface area contributed by atoms with Crippen molar-refractivity contribution in [3.8, 4) is 0 Å². The lowest BCUT2D eigenvalue weighted by molar-refractivity contribution is -0.141. The van der Waals surface area contributed by atoms with Crippen molar-refractivity contribution in [1.82, 2.24) is 10.6 Å². The largest absolute Gasteiger partial charge is 0.480 e. The van der Waals surface area contributed by atoms with Gasteiger partial charge in [0.25, 0.3) is 0 Å². The van der Waals surface area contributed by atoms with E-state index in [9.17, 15) is 9.59 Å². The van der Waals surface area contributed by atoms with Crippen LogP contribution in [0.1, 0.15) is 33.6 Å². The summed E-state index contributed by atoms with van der Waals surface area (Å²) in [4.78, 5) is 20.8. The zero-order valence-corrected chi connectivity index (χ0v) is 11.8. The maximum Gasteiger partial charge on any atom is 0.321 e. The maximum absolute atomic E-state index is 10.6.